The van der Waals surface area contributed by atoms with Crippen LogP contribution < -0.4 is 5.32 Å². The topological polar surface area (TPSA) is 55.4 Å². The van der Waals surface area contributed by atoms with E-state index in [1.165, 1.54) is 18.4 Å². The molecule has 0 aliphatic heterocycles. The molecule has 30 heavy (non-hydrogen) atoms. The van der Waals surface area contributed by atoms with Gasteiger partial charge in [-0.15, -0.1) is 11.3 Å². The molecule has 3 rings (SSSR count). The van der Waals surface area contributed by atoms with Crippen molar-refractivity contribution in [2.45, 2.75) is 20.0 Å². The fraction of sp³-hybridized carbons (Fsp3) is 0.182. The van der Waals surface area contributed by atoms with Gasteiger partial charge < -0.3 is 10.1 Å². The van der Waals surface area contributed by atoms with Gasteiger partial charge in [-0.3, -0.25) is 4.79 Å². The average molecular weight is 433 g/mol. The Labute approximate surface area is 175 Å². The summed E-state index contributed by atoms with van der Waals surface area (Å²) in [7, 11) is 1.25. The van der Waals surface area contributed by atoms with E-state index in [9.17, 15) is 22.8 Å². The molecule has 0 atom stereocenters. The van der Waals surface area contributed by atoms with Crippen LogP contribution in [-0.4, -0.2) is 19.0 Å². The van der Waals surface area contributed by atoms with Crippen LogP contribution in [0.1, 0.15) is 36.7 Å². The summed E-state index contributed by atoms with van der Waals surface area (Å²) in [6.45, 7) is 3.77. The van der Waals surface area contributed by atoms with Crippen LogP contribution in [0.15, 0.2) is 48.5 Å². The molecule has 1 amide bonds. The highest BCUT2D eigenvalue weighted by Gasteiger charge is 2.30. The van der Waals surface area contributed by atoms with Crippen LogP contribution in [0.3, 0.4) is 0 Å². The van der Waals surface area contributed by atoms with Gasteiger partial charge in [0.05, 0.1) is 12.7 Å². The largest absolute Gasteiger partial charge is 0.465 e. The first-order valence-electron chi connectivity index (χ1n) is 8.89. The third-order valence-corrected chi connectivity index (χ3v) is 5.54. The van der Waals surface area contributed by atoms with Crippen LogP contribution in [-0.2, 0) is 10.9 Å². The lowest BCUT2D eigenvalue weighted by Gasteiger charge is -2.10. The fourth-order valence-electron chi connectivity index (χ4n) is 2.98. The monoisotopic (exact) mass is 433 g/mol. The number of nitrogens with one attached hydrogen (secondary N) is 1. The van der Waals surface area contributed by atoms with Crippen molar-refractivity contribution in [1.29, 1.82) is 0 Å². The Hall–Kier alpha value is -3.13. The number of hydrogen-bond acceptors (Lipinski definition) is 4. The second-order valence-electron chi connectivity index (χ2n) is 6.62. The average Bonchev–Trinajstić information content (AvgIpc) is 3.03. The van der Waals surface area contributed by atoms with E-state index in [1.807, 2.05) is 38.1 Å². The third kappa shape index (κ3) is 4.38. The lowest BCUT2D eigenvalue weighted by molar-refractivity contribution is -0.137. The van der Waals surface area contributed by atoms with Crippen molar-refractivity contribution < 1.29 is 27.5 Å². The quantitative estimate of drug-likeness (QED) is 0.507. The summed E-state index contributed by atoms with van der Waals surface area (Å²) < 4.78 is 43.1. The van der Waals surface area contributed by atoms with Crippen molar-refractivity contribution in [2.75, 3.05) is 12.4 Å². The van der Waals surface area contributed by atoms with E-state index in [4.69, 9.17) is 4.74 Å². The van der Waals surface area contributed by atoms with Crippen LogP contribution in [0.5, 0.6) is 0 Å². The highest BCUT2D eigenvalue weighted by molar-refractivity contribution is 7.17. The number of halogens is 3. The Morgan fingerprint density at radius 1 is 0.967 bits per heavy atom. The van der Waals surface area contributed by atoms with Gasteiger partial charge in [-0.25, -0.2) is 4.79 Å². The first kappa shape index (κ1) is 21.6. The van der Waals surface area contributed by atoms with Gasteiger partial charge in [-0.2, -0.15) is 13.2 Å². The molecular weight excluding hydrogens is 415 g/mol. The molecule has 0 unspecified atom stereocenters. The number of methoxy groups -OCH3 is 1. The fourth-order valence-corrected chi connectivity index (χ4v) is 4.04. The van der Waals surface area contributed by atoms with Crippen molar-refractivity contribution in [3.63, 3.8) is 0 Å². The van der Waals surface area contributed by atoms with Crippen molar-refractivity contribution >= 4 is 28.2 Å². The van der Waals surface area contributed by atoms with Crippen molar-refractivity contribution in [3.05, 3.63) is 75.7 Å². The molecule has 8 heteroatoms. The molecule has 156 valence electrons. The van der Waals surface area contributed by atoms with Gasteiger partial charge in [0.2, 0.25) is 0 Å². The van der Waals surface area contributed by atoms with Crippen LogP contribution in [0.25, 0.3) is 11.1 Å². The highest BCUT2D eigenvalue weighted by Crippen LogP contribution is 2.40. The van der Waals surface area contributed by atoms with E-state index in [-0.39, 0.29) is 16.1 Å². The zero-order valence-electron chi connectivity index (χ0n) is 16.4. The van der Waals surface area contributed by atoms with Crippen LogP contribution in [0, 0.1) is 13.8 Å². The number of carbonyl (C=O) groups is 2. The first-order valence-corrected chi connectivity index (χ1v) is 9.71. The van der Waals surface area contributed by atoms with E-state index in [2.05, 4.69) is 5.32 Å². The van der Waals surface area contributed by atoms with Gasteiger partial charge in [0.15, 0.2) is 0 Å². The molecule has 1 aromatic heterocycles. The molecular formula is C22H18F3NO3S. The minimum atomic E-state index is -4.49. The normalized spacial score (nSPS) is 11.3. The number of anilines is 1. The standard InChI is InChI=1S/C22H18F3NO3S/c1-12-4-6-14(7-5-12)17-13(2)30-20(18(17)21(28)29-3)26-19(27)15-8-10-16(11-9-15)22(23,24)25/h4-11H,1-3H3,(H,26,27). The van der Waals surface area contributed by atoms with Gasteiger partial charge in [-0.1, -0.05) is 29.8 Å². The minimum Gasteiger partial charge on any atom is -0.465 e. The summed E-state index contributed by atoms with van der Waals surface area (Å²) in [4.78, 5) is 25.9. The zero-order chi connectivity index (χ0) is 22.1. The van der Waals surface area contributed by atoms with Gasteiger partial charge in [-0.05, 0) is 43.7 Å². The molecule has 1 heterocycles. The Kier molecular flexibility index (Phi) is 5.98. The Bertz CT molecular complexity index is 1080. The van der Waals surface area contributed by atoms with Crippen molar-refractivity contribution in [1.82, 2.24) is 0 Å². The van der Waals surface area contributed by atoms with Gasteiger partial charge in [0.25, 0.3) is 5.91 Å². The van der Waals surface area contributed by atoms with Crippen LogP contribution in [0.2, 0.25) is 0 Å². The number of benzene rings is 2. The predicted molar refractivity (Wildman–Crippen MR) is 110 cm³/mol. The number of carbonyl (C=O) groups excluding carboxylic acids is 2. The predicted octanol–water partition coefficient (Wildman–Crippen LogP) is 6.09. The highest BCUT2D eigenvalue weighted by atomic mass is 32.1. The Balaban J connectivity index is 1.98. The summed E-state index contributed by atoms with van der Waals surface area (Å²) in [6.07, 6.45) is -4.49. The second kappa shape index (κ2) is 8.31. The summed E-state index contributed by atoms with van der Waals surface area (Å²) in [5, 5.41) is 2.92. The molecule has 0 saturated carbocycles. The van der Waals surface area contributed by atoms with Crippen LogP contribution in [0.4, 0.5) is 18.2 Å². The number of esters is 1. The SMILES string of the molecule is COC(=O)c1c(NC(=O)c2ccc(C(F)(F)F)cc2)sc(C)c1-c1ccc(C)cc1. The lowest BCUT2D eigenvalue weighted by atomic mass is 10.0. The van der Waals surface area contributed by atoms with Crippen LogP contribution >= 0.6 is 11.3 Å². The molecule has 1 N–H and O–H groups in total. The van der Waals surface area contributed by atoms with E-state index >= 15 is 0 Å². The number of hydrogen-bond donors (Lipinski definition) is 1. The zero-order valence-corrected chi connectivity index (χ0v) is 17.2. The summed E-state index contributed by atoms with van der Waals surface area (Å²) >= 11 is 1.20. The molecule has 0 spiro atoms. The van der Waals surface area contributed by atoms with E-state index < -0.39 is 23.6 Å². The molecule has 0 aliphatic rings. The molecule has 2 aromatic carbocycles. The molecule has 0 aliphatic carbocycles. The smallest absolute Gasteiger partial charge is 0.416 e. The number of alkyl halides is 3. The molecule has 0 radical (unpaired) electrons. The van der Waals surface area contributed by atoms with E-state index in [1.54, 1.807) is 0 Å². The van der Waals surface area contributed by atoms with E-state index in [0.29, 0.717) is 5.56 Å². The number of thiophene rings is 1. The Morgan fingerprint density at radius 3 is 2.10 bits per heavy atom. The first-order chi connectivity index (χ1) is 14.1. The molecule has 0 saturated heterocycles. The number of ether oxygens (including phenoxy) is 1. The van der Waals surface area contributed by atoms with Gasteiger partial charge in [0, 0.05) is 16.0 Å². The van der Waals surface area contributed by atoms with E-state index in [0.717, 1.165) is 40.3 Å². The van der Waals surface area contributed by atoms with Crippen molar-refractivity contribution in [2.24, 2.45) is 0 Å². The second-order valence-corrected chi connectivity index (χ2v) is 7.85. The number of amides is 1. The molecule has 4 nitrogen and oxygen atoms in total. The summed E-state index contributed by atoms with van der Waals surface area (Å²) in [5.41, 5.74) is 1.91. The maximum absolute atomic E-state index is 12.7. The molecule has 0 fully saturated rings. The summed E-state index contributed by atoms with van der Waals surface area (Å²) in [5.74, 6) is -1.23. The Morgan fingerprint density at radius 2 is 1.57 bits per heavy atom. The number of aryl methyl sites for hydroxylation is 2. The molecule has 3 aromatic rings. The summed E-state index contributed by atoms with van der Waals surface area (Å²) in [6, 6.07) is 11.4. The van der Waals surface area contributed by atoms with Crippen molar-refractivity contribution in [3.8, 4) is 11.1 Å². The lowest BCUT2D eigenvalue weighted by Crippen LogP contribution is -2.14. The van der Waals surface area contributed by atoms with Gasteiger partial charge in [0.1, 0.15) is 10.6 Å². The minimum absolute atomic E-state index is 0.0433. The van der Waals surface area contributed by atoms with Gasteiger partial charge >= 0.3 is 12.1 Å². The third-order valence-electron chi connectivity index (χ3n) is 4.52. The molecule has 0 bridgehead atoms. The number of rotatable bonds is 4. The maximum atomic E-state index is 12.7. The maximum Gasteiger partial charge on any atom is 0.416 e.